The van der Waals surface area contributed by atoms with Gasteiger partial charge < -0.3 is 29.9 Å². The molecule has 168 valence electrons. The Labute approximate surface area is 186 Å². The molecule has 1 aromatic carbocycles. The number of nitrogens with one attached hydrogen (secondary N) is 2. The number of aryl methyl sites for hydroxylation is 2. The van der Waals surface area contributed by atoms with Gasteiger partial charge in [-0.2, -0.15) is 0 Å². The van der Waals surface area contributed by atoms with Gasteiger partial charge in [0.1, 0.15) is 30.0 Å². The van der Waals surface area contributed by atoms with E-state index in [1.807, 2.05) is 44.2 Å². The summed E-state index contributed by atoms with van der Waals surface area (Å²) in [5.41, 5.74) is 3.36. The van der Waals surface area contributed by atoms with Gasteiger partial charge in [0.15, 0.2) is 5.82 Å². The third-order valence-electron chi connectivity index (χ3n) is 6.12. The molecule has 0 saturated carbocycles. The fourth-order valence-corrected chi connectivity index (χ4v) is 4.28. The van der Waals surface area contributed by atoms with Crippen LogP contribution >= 0.6 is 0 Å². The summed E-state index contributed by atoms with van der Waals surface area (Å²) < 4.78 is 11.2. The summed E-state index contributed by atoms with van der Waals surface area (Å²) in [4.78, 5) is 12.1. The minimum atomic E-state index is -0.579. The zero-order valence-corrected chi connectivity index (χ0v) is 18.5. The second kappa shape index (κ2) is 8.50. The van der Waals surface area contributed by atoms with Gasteiger partial charge in [0.25, 0.3) is 0 Å². The second-order valence-electron chi connectivity index (χ2n) is 8.42. The first-order chi connectivity index (χ1) is 15.5. The number of ether oxygens (including phenoxy) is 1. The second-order valence-corrected chi connectivity index (χ2v) is 8.42. The fraction of sp³-hybridized carbons (Fsp3) is 0.435. The van der Waals surface area contributed by atoms with E-state index in [0.29, 0.717) is 30.2 Å². The number of fused-ring (bicyclic) bond motifs is 1. The van der Waals surface area contributed by atoms with Gasteiger partial charge >= 0.3 is 0 Å². The molecule has 0 radical (unpaired) electrons. The van der Waals surface area contributed by atoms with Crippen molar-refractivity contribution in [3.8, 4) is 28.4 Å². The van der Waals surface area contributed by atoms with Crippen LogP contribution in [-0.2, 0) is 0 Å². The molecule has 3 atom stereocenters. The summed E-state index contributed by atoms with van der Waals surface area (Å²) in [5.74, 6) is 2.93. The Hall–Kier alpha value is -3.01. The standard InChI is InChI=1S/C23H28N6O3/c1-13-22(14(2)32-28-13)18-8-21(29-11-19-20(29)10-25-19)27-23(26-18)15-5-4-6-17(7-15)31-12-16(30)9-24-3/h4-8,16,19-20,24-25,30H,9-12H2,1-3H3/t16?,19?,20-/m0/s1. The molecular formula is C23H28N6O3. The number of anilines is 1. The third kappa shape index (κ3) is 3.83. The molecule has 3 N–H and O–H groups in total. The van der Waals surface area contributed by atoms with Crippen LogP contribution in [0.2, 0.25) is 0 Å². The molecule has 2 aliphatic rings. The molecule has 32 heavy (non-hydrogen) atoms. The maximum atomic E-state index is 9.94. The summed E-state index contributed by atoms with van der Waals surface area (Å²) in [6, 6.07) is 10.7. The summed E-state index contributed by atoms with van der Waals surface area (Å²) in [5, 5.41) is 20.4. The average molecular weight is 437 g/mol. The van der Waals surface area contributed by atoms with E-state index in [0.717, 1.165) is 47.2 Å². The van der Waals surface area contributed by atoms with E-state index in [2.05, 4.69) is 20.7 Å². The van der Waals surface area contributed by atoms with Crippen molar-refractivity contribution in [2.24, 2.45) is 0 Å². The van der Waals surface area contributed by atoms with Crippen LogP contribution < -0.4 is 20.3 Å². The van der Waals surface area contributed by atoms with Gasteiger partial charge in [0.2, 0.25) is 0 Å². The van der Waals surface area contributed by atoms with Crippen LogP contribution in [0.4, 0.5) is 5.82 Å². The van der Waals surface area contributed by atoms with E-state index in [9.17, 15) is 5.11 Å². The van der Waals surface area contributed by atoms with Gasteiger partial charge in [-0.15, -0.1) is 0 Å². The van der Waals surface area contributed by atoms with Crippen LogP contribution in [-0.4, -0.2) is 71.7 Å². The molecule has 0 bridgehead atoms. The smallest absolute Gasteiger partial charge is 0.162 e. The largest absolute Gasteiger partial charge is 0.491 e. The lowest BCUT2D eigenvalue weighted by atomic mass is 9.88. The maximum Gasteiger partial charge on any atom is 0.162 e. The molecular weight excluding hydrogens is 408 g/mol. The van der Waals surface area contributed by atoms with E-state index < -0.39 is 6.10 Å². The number of aliphatic hydroxyl groups excluding tert-OH is 1. The highest BCUT2D eigenvalue weighted by atomic mass is 16.5. The van der Waals surface area contributed by atoms with E-state index in [1.54, 1.807) is 7.05 Å². The number of rotatable bonds is 8. The van der Waals surface area contributed by atoms with Crippen molar-refractivity contribution in [1.29, 1.82) is 0 Å². The van der Waals surface area contributed by atoms with E-state index in [-0.39, 0.29) is 6.61 Å². The van der Waals surface area contributed by atoms with Gasteiger partial charge in [0.05, 0.1) is 23.0 Å². The molecule has 3 aromatic rings. The van der Waals surface area contributed by atoms with E-state index in [4.69, 9.17) is 19.2 Å². The molecule has 9 heteroatoms. The fourth-order valence-electron chi connectivity index (χ4n) is 4.28. The number of hydrogen-bond donors (Lipinski definition) is 3. The van der Waals surface area contributed by atoms with Crippen LogP contribution in [0.15, 0.2) is 34.9 Å². The summed E-state index contributed by atoms with van der Waals surface area (Å²) in [7, 11) is 1.80. The van der Waals surface area contributed by atoms with Gasteiger partial charge in [-0.05, 0) is 33.0 Å². The Morgan fingerprint density at radius 2 is 2.19 bits per heavy atom. The van der Waals surface area contributed by atoms with Gasteiger partial charge in [-0.3, -0.25) is 0 Å². The number of nitrogens with zero attached hydrogens (tertiary/aromatic N) is 4. The molecule has 2 aromatic heterocycles. The van der Waals surface area contributed by atoms with Crippen LogP contribution in [0.3, 0.4) is 0 Å². The minimum Gasteiger partial charge on any atom is -0.491 e. The SMILES string of the molecule is CNCC(O)COc1cccc(-c2nc(-c3c(C)noc3C)cc(N3CC4NC[C@@H]43)n2)c1. The van der Waals surface area contributed by atoms with Crippen molar-refractivity contribution in [3.63, 3.8) is 0 Å². The van der Waals surface area contributed by atoms with Crippen LogP contribution in [0.25, 0.3) is 22.6 Å². The molecule has 0 aliphatic carbocycles. The number of piperazine rings is 1. The summed E-state index contributed by atoms with van der Waals surface area (Å²) in [6.45, 7) is 6.42. The Morgan fingerprint density at radius 1 is 1.31 bits per heavy atom. The molecule has 4 heterocycles. The van der Waals surface area contributed by atoms with Gasteiger partial charge in [0, 0.05) is 37.3 Å². The first-order valence-corrected chi connectivity index (χ1v) is 10.9. The van der Waals surface area contributed by atoms with Crippen molar-refractivity contribution in [3.05, 3.63) is 41.8 Å². The third-order valence-corrected chi connectivity index (χ3v) is 6.12. The maximum absolute atomic E-state index is 9.94. The first kappa shape index (κ1) is 20.9. The molecule has 2 aliphatic heterocycles. The Balaban J connectivity index is 1.49. The molecule has 2 fully saturated rings. The molecule has 0 amide bonds. The quantitative estimate of drug-likeness (QED) is 0.484. The molecule has 2 saturated heterocycles. The molecule has 5 rings (SSSR count). The van der Waals surface area contributed by atoms with Crippen molar-refractivity contribution in [2.45, 2.75) is 32.0 Å². The summed E-state index contributed by atoms with van der Waals surface area (Å²) in [6.07, 6.45) is -0.579. The summed E-state index contributed by atoms with van der Waals surface area (Å²) >= 11 is 0. The lowest BCUT2D eigenvalue weighted by molar-refractivity contribution is 0.108. The van der Waals surface area contributed by atoms with Crippen molar-refractivity contribution >= 4 is 5.82 Å². The number of aliphatic hydroxyl groups is 1. The highest BCUT2D eigenvalue weighted by Crippen LogP contribution is 2.35. The molecule has 2 unspecified atom stereocenters. The highest BCUT2D eigenvalue weighted by Gasteiger charge is 2.46. The Morgan fingerprint density at radius 3 is 2.84 bits per heavy atom. The Bertz CT molecular complexity index is 1100. The van der Waals surface area contributed by atoms with Crippen LogP contribution in [0, 0.1) is 13.8 Å². The van der Waals surface area contributed by atoms with Gasteiger partial charge in [-0.1, -0.05) is 17.3 Å². The van der Waals surface area contributed by atoms with Crippen molar-refractivity contribution in [1.82, 2.24) is 25.8 Å². The normalized spacial score (nSPS) is 20.3. The van der Waals surface area contributed by atoms with E-state index in [1.165, 1.54) is 0 Å². The topological polar surface area (TPSA) is 109 Å². The predicted molar refractivity (Wildman–Crippen MR) is 121 cm³/mol. The highest BCUT2D eigenvalue weighted by molar-refractivity contribution is 5.71. The molecule has 0 spiro atoms. The number of benzene rings is 1. The number of hydrogen-bond acceptors (Lipinski definition) is 9. The average Bonchev–Trinajstić information content (AvgIpc) is 3.12. The number of aromatic nitrogens is 3. The zero-order valence-electron chi connectivity index (χ0n) is 18.5. The minimum absolute atomic E-state index is 0.208. The van der Waals surface area contributed by atoms with Crippen molar-refractivity contribution < 1.29 is 14.4 Å². The number of likely N-dealkylation sites (N-methyl/N-ethyl adjacent to an activating group) is 1. The van der Waals surface area contributed by atoms with Crippen molar-refractivity contribution in [2.75, 3.05) is 38.2 Å². The zero-order chi connectivity index (χ0) is 22.2. The van der Waals surface area contributed by atoms with Gasteiger partial charge in [-0.25, -0.2) is 9.97 Å². The predicted octanol–water partition coefficient (Wildman–Crippen LogP) is 1.53. The molecule has 9 nitrogen and oxygen atoms in total. The monoisotopic (exact) mass is 436 g/mol. The first-order valence-electron chi connectivity index (χ1n) is 10.9. The Kier molecular flexibility index (Phi) is 5.54. The lowest BCUT2D eigenvalue weighted by Crippen LogP contribution is -2.78. The van der Waals surface area contributed by atoms with Crippen LogP contribution in [0.5, 0.6) is 5.75 Å². The lowest BCUT2D eigenvalue weighted by Gasteiger charge is -2.56. The van der Waals surface area contributed by atoms with Crippen LogP contribution in [0.1, 0.15) is 11.5 Å². The van der Waals surface area contributed by atoms with E-state index >= 15 is 0 Å².